The Morgan fingerprint density at radius 3 is 1.13 bits per heavy atom. The van der Waals surface area contributed by atoms with Gasteiger partial charge in [0, 0.05) is 58.2 Å². The van der Waals surface area contributed by atoms with E-state index in [2.05, 4.69) is 89.8 Å². The molecule has 8 bridgehead atoms. The van der Waals surface area contributed by atoms with Crippen molar-refractivity contribution in [1.29, 1.82) is 0 Å². The lowest BCUT2D eigenvalue weighted by molar-refractivity contribution is -0.273. The third kappa shape index (κ3) is 11.9. The minimum Gasteiger partial charge on any atom is -0.394 e. The van der Waals surface area contributed by atoms with Crippen LogP contribution in [0.25, 0.3) is 102 Å². The number of fused-ring (bicyclic) bond motifs is 8. The molecule has 458 valence electrons. The van der Waals surface area contributed by atoms with Gasteiger partial charge >= 0.3 is 0 Å². The maximum atomic E-state index is 12.0. The van der Waals surface area contributed by atoms with Gasteiger partial charge in [-0.05, 0) is 95.1 Å². The zero-order valence-corrected chi connectivity index (χ0v) is 48.5. The Morgan fingerprint density at radius 2 is 0.811 bits per heavy atom. The lowest BCUT2D eigenvalue weighted by Gasteiger charge is -2.42. The topological polar surface area (TPSA) is 335 Å². The Bertz CT molecular complexity index is 4060. The normalized spacial score (nSPS) is 22.2. The van der Waals surface area contributed by atoms with E-state index in [1.165, 1.54) is 13.8 Å². The van der Waals surface area contributed by atoms with E-state index in [-0.39, 0.29) is 13.2 Å². The first kappa shape index (κ1) is 59.3. The lowest BCUT2D eigenvalue weighted by Crippen LogP contribution is -2.64. The van der Waals surface area contributed by atoms with Crippen molar-refractivity contribution in [3.8, 4) is 55.9 Å². The van der Waals surface area contributed by atoms with Crippen molar-refractivity contribution in [2.45, 2.75) is 88.3 Å². The molecule has 0 spiro atoms. The van der Waals surface area contributed by atoms with Crippen molar-refractivity contribution in [3.63, 3.8) is 0 Å². The van der Waals surface area contributed by atoms with Crippen LogP contribution in [-0.4, -0.2) is 167 Å². The fraction of sp³-hybridized carbons (Fsp3) is 0.242. The van der Waals surface area contributed by atoms with Gasteiger partial charge in [-0.3, -0.25) is 9.59 Å². The third-order valence-corrected chi connectivity index (χ3v) is 16.1. The summed E-state index contributed by atoms with van der Waals surface area (Å²) in [5.74, 6) is -0.934. The van der Waals surface area contributed by atoms with Crippen LogP contribution in [0.4, 0.5) is 0 Å². The zero-order chi connectivity index (χ0) is 62.2. The molecule has 90 heavy (non-hydrogen) atoms. The van der Waals surface area contributed by atoms with Gasteiger partial charge in [0.05, 0.1) is 73.0 Å². The number of hydrogen-bond donors (Lipinski definition) is 10. The summed E-state index contributed by atoms with van der Waals surface area (Å²) in [7, 11) is 0. The molecule has 9 aromatic rings. The van der Waals surface area contributed by atoms with E-state index in [1.54, 1.807) is 21.8 Å². The van der Waals surface area contributed by atoms with E-state index in [0.717, 1.165) is 78.0 Å². The summed E-state index contributed by atoms with van der Waals surface area (Å²) in [6, 6.07) is 41.9. The highest BCUT2D eigenvalue weighted by Crippen LogP contribution is 2.39. The highest BCUT2D eigenvalue weighted by molar-refractivity contribution is 6.00. The Labute approximate surface area is 513 Å². The van der Waals surface area contributed by atoms with Crippen LogP contribution in [0.5, 0.6) is 0 Å². The second-order valence-corrected chi connectivity index (χ2v) is 22.1. The average Bonchev–Trinajstić information content (AvgIpc) is 1.68. The fourth-order valence-electron chi connectivity index (χ4n) is 11.7. The fourth-order valence-corrected chi connectivity index (χ4v) is 11.7. The van der Waals surface area contributed by atoms with Crippen LogP contribution in [0.1, 0.15) is 48.0 Å². The maximum Gasteiger partial charge on any atom is 0.217 e. The second-order valence-electron chi connectivity index (χ2n) is 22.1. The van der Waals surface area contributed by atoms with Gasteiger partial charge in [-0.15, -0.1) is 10.2 Å². The van der Waals surface area contributed by atoms with Crippen LogP contribution in [0.3, 0.4) is 0 Å². The van der Waals surface area contributed by atoms with Crippen LogP contribution < -0.4 is 10.6 Å². The van der Waals surface area contributed by atoms with E-state index < -0.39 is 86.3 Å². The van der Waals surface area contributed by atoms with Crippen LogP contribution in [0, 0.1) is 0 Å². The molecule has 2 fully saturated rings. The third-order valence-electron chi connectivity index (χ3n) is 16.1. The largest absolute Gasteiger partial charge is 0.394 e. The number of aliphatic hydroxyl groups excluding tert-OH is 6. The van der Waals surface area contributed by atoms with Gasteiger partial charge in [0.15, 0.2) is 12.6 Å². The molecule has 2 amide bonds. The standard InChI is InChI=1S/C66H62N12O12/c1-35(81)67-59-63(85)61(83)53(31-79)89-65(59)87-33-41-29-77(75-73-41)43-17-13-39(14-18-43)57-49-25-21-45(69-49)55(37-9-5-3-6-10-37)47-23-27-51(71-47)58(52-28-24-48(72-52)56(38-11-7-4-8-12-38)46-22-26-50(57)70-46)40-15-19-44(20-16-40)78-30-42(74-76-78)34-88-66-60(68-36(2)82)64(86)62(84)54(32-80)90-66/h3-30,53-54,59-66,69,72,79-80,83-86H,31-34H2,1-2H3,(H,67,81)(H,68,82)/t53-,54-,59+,60+,61-,62-,63-,64-,65+,66+/m1/s1. The summed E-state index contributed by atoms with van der Waals surface area (Å²) in [4.78, 5) is 42.5. The molecule has 0 radical (unpaired) electrons. The van der Waals surface area contributed by atoms with Crippen LogP contribution >= 0.6 is 0 Å². The number of benzene rings is 4. The quantitative estimate of drug-likeness (QED) is 0.0578. The van der Waals surface area contributed by atoms with Crippen molar-refractivity contribution >= 4 is 58.2 Å². The summed E-state index contributed by atoms with van der Waals surface area (Å²) in [5.41, 5.74) is 15.3. The van der Waals surface area contributed by atoms with Gasteiger partial charge < -0.3 is 70.2 Å². The Hall–Kier alpha value is -9.70. The molecular weight excluding hydrogens is 1150 g/mol. The molecule has 5 aromatic heterocycles. The number of rotatable bonds is 16. The molecule has 4 aromatic carbocycles. The van der Waals surface area contributed by atoms with Gasteiger partial charge in [-0.2, -0.15) is 0 Å². The first-order valence-corrected chi connectivity index (χ1v) is 29.1. The molecule has 13 rings (SSSR count). The molecule has 0 unspecified atom stereocenters. The Morgan fingerprint density at radius 1 is 0.478 bits per heavy atom. The number of nitrogens with one attached hydrogen (secondary N) is 4. The molecule has 10 N–H and O–H groups in total. The molecule has 24 nitrogen and oxygen atoms in total. The van der Waals surface area contributed by atoms with Gasteiger partial charge in [0.2, 0.25) is 11.8 Å². The number of carbonyl (C=O) groups is 2. The van der Waals surface area contributed by atoms with E-state index in [0.29, 0.717) is 34.2 Å². The summed E-state index contributed by atoms with van der Waals surface area (Å²) < 4.78 is 26.6. The van der Waals surface area contributed by atoms with Crippen molar-refractivity contribution in [2.24, 2.45) is 0 Å². The summed E-state index contributed by atoms with van der Waals surface area (Å²) in [6.07, 6.45) is 0.962. The number of amides is 2. The number of hydrogen-bond acceptors (Lipinski definition) is 18. The Kier molecular flexibility index (Phi) is 16.7. The van der Waals surface area contributed by atoms with Gasteiger partial charge in [-0.25, -0.2) is 19.3 Å². The molecule has 2 saturated heterocycles. The minimum absolute atomic E-state index is 0.131. The Balaban J connectivity index is 0.869. The predicted molar refractivity (Wildman–Crippen MR) is 331 cm³/mol. The average molecular weight is 1220 g/mol. The number of aromatic nitrogens is 10. The summed E-state index contributed by atoms with van der Waals surface area (Å²) in [6.45, 7) is 1.12. The van der Waals surface area contributed by atoms with Crippen LogP contribution in [-0.2, 0) is 41.8 Å². The SMILES string of the molecule is CC(=O)N[C@@H]1[C@@H](OCc2cn(-c3ccc(-c4c5nc(c(-c6ccccc6)c6ccc([nH]6)c(-c6ccc(-n7cc(CO[C@H]8O[C@H](CO)[C@@H](O)[C@H](O)[C@@H]8NC(C)=O)nn7)cc6)c6nc(c(-c7ccccc7)c7ccc4[nH]7)C=C6)C=C5)cc3)nn2)O[C@H](CO)[C@@H](O)[C@@H]1O. The van der Waals surface area contributed by atoms with Crippen molar-refractivity contribution in [1.82, 2.24) is 60.6 Å². The van der Waals surface area contributed by atoms with Gasteiger partial charge in [0.25, 0.3) is 0 Å². The molecule has 10 atom stereocenters. The van der Waals surface area contributed by atoms with E-state index >= 15 is 0 Å². The van der Waals surface area contributed by atoms with Gasteiger partial charge in [-0.1, -0.05) is 95.4 Å². The predicted octanol–water partition coefficient (Wildman–Crippen LogP) is 5.41. The smallest absolute Gasteiger partial charge is 0.217 e. The molecule has 24 heteroatoms. The van der Waals surface area contributed by atoms with E-state index in [1.807, 2.05) is 109 Å². The van der Waals surface area contributed by atoms with Crippen LogP contribution in [0.2, 0.25) is 0 Å². The lowest BCUT2D eigenvalue weighted by atomic mass is 9.97. The second kappa shape index (κ2) is 25.4. The molecule has 0 saturated carbocycles. The molecule has 0 aliphatic carbocycles. The highest BCUT2D eigenvalue weighted by Gasteiger charge is 2.47. The summed E-state index contributed by atoms with van der Waals surface area (Å²) in [5, 5.41) is 84.6. The van der Waals surface area contributed by atoms with Crippen LogP contribution in [0.15, 0.2) is 146 Å². The monoisotopic (exact) mass is 1210 g/mol. The van der Waals surface area contributed by atoms with Gasteiger partial charge in [0.1, 0.15) is 60.1 Å². The van der Waals surface area contributed by atoms with Crippen molar-refractivity contribution < 1.29 is 59.2 Å². The number of aliphatic hydroxyl groups is 6. The molecule has 9 heterocycles. The number of H-pyrrole nitrogens is 2. The summed E-state index contributed by atoms with van der Waals surface area (Å²) >= 11 is 0. The number of carbonyl (C=O) groups excluding carboxylic acids is 2. The molecule has 4 aliphatic rings. The van der Waals surface area contributed by atoms with Crippen molar-refractivity contribution in [2.75, 3.05) is 13.2 Å². The first-order chi connectivity index (χ1) is 43.8. The maximum absolute atomic E-state index is 12.0. The number of aromatic amines is 2. The van der Waals surface area contributed by atoms with E-state index in [9.17, 15) is 40.2 Å². The van der Waals surface area contributed by atoms with Crippen molar-refractivity contribution in [3.05, 3.63) is 180 Å². The zero-order valence-electron chi connectivity index (χ0n) is 48.5. The number of ether oxygens (including phenoxy) is 4. The van der Waals surface area contributed by atoms with E-state index in [4.69, 9.17) is 28.9 Å². The highest BCUT2D eigenvalue weighted by atomic mass is 16.7. The molecule has 4 aliphatic heterocycles. The minimum atomic E-state index is -1.46. The molecular formula is C66H62N12O12. The number of nitrogens with zero attached hydrogens (tertiary/aromatic N) is 8. The first-order valence-electron chi connectivity index (χ1n) is 29.1.